The van der Waals surface area contributed by atoms with Crippen molar-refractivity contribution in [2.45, 2.75) is 58.3 Å². The predicted molar refractivity (Wildman–Crippen MR) is 86.7 cm³/mol. The third-order valence-corrected chi connectivity index (χ3v) is 5.35. The fraction of sp³-hybridized carbons (Fsp3) is 0.706. The molecule has 1 saturated carbocycles. The van der Waals surface area contributed by atoms with Gasteiger partial charge in [0.1, 0.15) is 6.42 Å². The fourth-order valence-electron chi connectivity index (χ4n) is 3.49. The molecule has 4 rings (SSSR count). The highest BCUT2D eigenvalue weighted by Gasteiger charge is 2.49. The molecule has 0 N–H and O–H groups in total. The van der Waals surface area contributed by atoms with Crippen molar-refractivity contribution in [1.29, 1.82) is 0 Å². The van der Waals surface area contributed by atoms with E-state index < -0.39 is 0 Å². The average molecular weight is 345 g/mol. The summed E-state index contributed by atoms with van der Waals surface area (Å²) in [6, 6.07) is 0. The lowest BCUT2D eigenvalue weighted by atomic mass is 9.96. The average Bonchev–Trinajstić information content (AvgIpc) is 2.98. The maximum absolute atomic E-state index is 12.3. The van der Waals surface area contributed by atoms with Crippen LogP contribution in [0.1, 0.15) is 68.4 Å². The SMILES string of the molecule is Cc1noc(CC(=O)N2CCC(c3nc(C4CC4(C)C)no3)CC2)n1. The Morgan fingerprint density at radius 2 is 1.92 bits per heavy atom. The van der Waals surface area contributed by atoms with Gasteiger partial charge < -0.3 is 13.9 Å². The van der Waals surface area contributed by atoms with Gasteiger partial charge in [0.2, 0.25) is 17.7 Å². The van der Waals surface area contributed by atoms with Crippen LogP contribution in [0.3, 0.4) is 0 Å². The first-order valence-corrected chi connectivity index (χ1v) is 8.83. The van der Waals surface area contributed by atoms with Crippen molar-refractivity contribution in [3.8, 4) is 0 Å². The van der Waals surface area contributed by atoms with Gasteiger partial charge >= 0.3 is 0 Å². The Morgan fingerprint density at radius 1 is 1.20 bits per heavy atom. The molecule has 1 aliphatic carbocycles. The van der Waals surface area contributed by atoms with Crippen molar-refractivity contribution in [3.05, 3.63) is 23.4 Å². The Morgan fingerprint density at radius 3 is 2.52 bits per heavy atom. The molecule has 2 fully saturated rings. The van der Waals surface area contributed by atoms with Gasteiger partial charge in [0.25, 0.3) is 0 Å². The maximum Gasteiger partial charge on any atom is 0.236 e. The number of likely N-dealkylation sites (tertiary alicyclic amines) is 1. The molecule has 134 valence electrons. The largest absolute Gasteiger partial charge is 0.342 e. The van der Waals surface area contributed by atoms with Crippen molar-refractivity contribution in [1.82, 2.24) is 25.2 Å². The summed E-state index contributed by atoms with van der Waals surface area (Å²) >= 11 is 0. The molecule has 0 radical (unpaired) electrons. The first-order valence-electron chi connectivity index (χ1n) is 8.83. The molecule has 2 aromatic rings. The van der Waals surface area contributed by atoms with Crippen molar-refractivity contribution < 1.29 is 13.8 Å². The maximum atomic E-state index is 12.3. The molecule has 8 heteroatoms. The Kier molecular flexibility index (Phi) is 3.85. The van der Waals surface area contributed by atoms with Crippen LogP contribution < -0.4 is 0 Å². The Labute approximate surface area is 146 Å². The molecule has 0 aromatic carbocycles. The number of aromatic nitrogens is 4. The summed E-state index contributed by atoms with van der Waals surface area (Å²) in [5.74, 6) is 3.16. The highest BCUT2D eigenvalue weighted by Crippen LogP contribution is 2.57. The molecule has 1 saturated heterocycles. The Bertz CT molecular complexity index is 773. The second-order valence-electron chi connectivity index (χ2n) is 7.80. The van der Waals surface area contributed by atoms with Gasteiger partial charge in [-0.3, -0.25) is 4.79 Å². The van der Waals surface area contributed by atoms with E-state index in [1.807, 2.05) is 4.90 Å². The smallest absolute Gasteiger partial charge is 0.236 e. The zero-order chi connectivity index (χ0) is 17.6. The molecule has 1 aliphatic heterocycles. The molecule has 2 aliphatic rings. The normalized spacial score (nSPS) is 23.0. The van der Waals surface area contributed by atoms with Crippen molar-refractivity contribution >= 4 is 5.91 Å². The zero-order valence-corrected chi connectivity index (χ0v) is 14.9. The summed E-state index contributed by atoms with van der Waals surface area (Å²) in [5, 5.41) is 7.88. The van der Waals surface area contributed by atoms with Crippen LogP contribution in [0.5, 0.6) is 0 Å². The standard InChI is InChI=1S/C17H23N5O3/c1-10-18-13(24-20-10)8-14(23)22-6-4-11(5-7-22)16-19-15(21-25-16)12-9-17(12,2)3/h11-12H,4-9H2,1-3H3. The van der Waals surface area contributed by atoms with E-state index in [9.17, 15) is 4.79 Å². The van der Waals surface area contributed by atoms with Gasteiger partial charge in [-0.15, -0.1) is 0 Å². The number of rotatable bonds is 4. The second kappa shape index (κ2) is 5.93. The van der Waals surface area contributed by atoms with Gasteiger partial charge in [0, 0.05) is 24.9 Å². The minimum atomic E-state index is 0.0213. The molecule has 3 heterocycles. The summed E-state index contributed by atoms with van der Waals surface area (Å²) in [6.45, 7) is 7.56. The Hall–Kier alpha value is -2.25. The number of nitrogens with zero attached hydrogens (tertiary/aromatic N) is 5. The van der Waals surface area contributed by atoms with Crippen LogP contribution in [-0.2, 0) is 11.2 Å². The lowest BCUT2D eigenvalue weighted by Gasteiger charge is -2.30. The number of aryl methyl sites for hydroxylation is 1. The first kappa shape index (κ1) is 16.2. The molecule has 8 nitrogen and oxygen atoms in total. The van der Waals surface area contributed by atoms with E-state index in [0.29, 0.717) is 36.1 Å². The summed E-state index contributed by atoms with van der Waals surface area (Å²) in [4.78, 5) is 22.9. The highest BCUT2D eigenvalue weighted by molar-refractivity contribution is 5.77. The van der Waals surface area contributed by atoms with E-state index in [-0.39, 0.29) is 18.2 Å². The van der Waals surface area contributed by atoms with E-state index in [1.54, 1.807) is 6.92 Å². The van der Waals surface area contributed by atoms with Crippen molar-refractivity contribution in [2.24, 2.45) is 5.41 Å². The minimum absolute atomic E-state index is 0.0213. The minimum Gasteiger partial charge on any atom is -0.342 e. The molecular formula is C17H23N5O3. The molecule has 1 amide bonds. The highest BCUT2D eigenvalue weighted by atomic mass is 16.5. The third kappa shape index (κ3) is 3.29. The van der Waals surface area contributed by atoms with Crippen LogP contribution in [-0.4, -0.2) is 44.2 Å². The van der Waals surface area contributed by atoms with Crippen LogP contribution >= 0.6 is 0 Å². The van der Waals surface area contributed by atoms with Gasteiger partial charge in [0.05, 0.1) is 0 Å². The summed E-state index contributed by atoms with van der Waals surface area (Å²) < 4.78 is 10.5. The van der Waals surface area contributed by atoms with Crippen LogP contribution in [0.2, 0.25) is 0 Å². The Balaban J connectivity index is 1.31. The molecule has 2 aromatic heterocycles. The topological polar surface area (TPSA) is 98.2 Å². The molecular weight excluding hydrogens is 322 g/mol. The number of hydrogen-bond donors (Lipinski definition) is 0. The number of carbonyl (C=O) groups is 1. The van der Waals surface area contributed by atoms with Gasteiger partial charge in [-0.25, -0.2) is 0 Å². The van der Waals surface area contributed by atoms with Crippen LogP contribution in [0.15, 0.2) is 9.05 Å². The van der Waals surface area contributed by atoms with Gasteiger partial charge in [-0.1, -0.05) is 24.2 Å². The van der Waals surface area contributed by atoms with Crippen LogP contribution in [0.4, 0.5) is 0 Å². The lowest BCUT2D eigenvalue weighted by molar-refractivity contribution is -0.132. The molecule has 1 unspecified atom stereocenters. The monoisotopic (exact) mass is 345 g/mol. The van der Waals surface area contributed by atoms with E-state index in [4.69, 9.17) is 9.05 Å². The molecule has 1 atom stereocenters. The number of hydrogen-bond acceptors (Lipinski definition) is 7. The van der Waals surface area contributed by atoms with Crippen molar-refractivity contribution in [2.75, 3.05) is 13.1 Å². The van der Waals surface area contributed by atoms with Gasteiger partial charge in [-0.05, 0) is 31.6 Å². The molecule has 0 bridgehead atoms. The van der Waals surface area contributed by atoms with Crippen LogP contribution in [0, 0.1) is 12.3 Å². The molecule has 25 heavy (non-hydrogen) atoms. The van der Waals surface area contributed by atoms with Crippen LogP contribution in [0.25, 0.3) is 0 Å². The third-order valence-electron chi connectivity index (χ3n) is 5.35. The summed E-state index contributed by atoms with van der Waals surface area (Å²) in [7, 11) is 0. The number of piperidine rings is 1. The quantitative estimate of drug-likeness (QED) is 0.838. The van der Waals surface area contributed by atoms with E-state index in [2.05, 4.69) is 34.1 Å². The van der Waals surface area contributed by atoms with Gasteiger partial charge in [-0.2, -0.15) is 9.97 Å². The number of carbonyl (C=O) groups excluding carboxylic acids is 1. The van der Waals surface area contributed by atoms with E-state index in [1.165, 1.54) is 0 Å². The predicted octanol–water partition coefficient (Wildman–Crippen LogP) is 2.22. The van der Waals surface area contributed by atoms with Gasteiger partial charge in [0.15, 0.2) is 11.6 Å². The van der Waals surface area contributed by atoms with E-state index in [0.717, 1.165) is 31.0 Å². The first-order chi connectivity index (χ1) is 11.9. The van der Waals surface area contributed by atoms with E-state index >= 15 is 0 Å². The second-order valence-corrected chi connectivity index (χ2v) is 7.80. The summed E-state index contributed by atoms with van der Waals surface area (Å²) in [5.41, 5.74) is 0.296. The summed E-state index contributed by atoms with van der Waals surface area (Å²) in [6.07, 6.45) is 2.95. The zero-order valence-electron chi connectivity index (χ0n) is 14.9. The molecule has 0 spiro atoms. The number of amides is 1. The van der Waals surface area contributed by atoms with Crippen molar-refractivity contribution in [3.63, 3.8) is 0 Å². The fourth-order valence-corrected chi connectivity index (χ4v) is 3.49. The lowest BCUT2D eigenvalue weighted by Crippen LogP contribution is -2.38.